The van der Waals surface area contributed by atoms with E-state index in [2.05, 4.69) is 10.5 Å². The highest BCUT2D eigenvalue weighted by atomic mass is 16.6. The fourth-order valence-corrected chi connectivity index (χ4v) is 1.88. The van der Waals surface area contributed by atoms with Crippen LogP contribution in [0.1, 0.15) is 22.8 Å². The van der Waals surface area contributed by atoms with E-state index >= 15 is 0 Å². The number of amides is 1. The van der Waals surface area contributed by atoms with E-state index in [4.69, 9.17) is 9.84 Å². The summed E-state index contributed by atoms with van der Waals surface area (Å²) >= 11 is 0. The van der Waals surface area contributed by atoms with Crippen molar-refractivity contribution in [2.24, 2.45) is 5.10 Å². The predicted octanol–water partition coefficient (Wildman–Crippen LogP) is 2.21. The highest BCUT2D eigenvalue weighted by molar-refractivity contribution is 5.95. The van der Waals surface area contributed by atoms with Crippen molar-refractivity contribution >= 4 is 23.8 Å². The maximum atomic E-state index is 11.9. The summed E-state index contributed by atoms with van der Waals surface area (Å²) in [5, 5.41) is 23.3. The quantitative estimate of drug-likeness (QED) is 0.444. The topological polar surface area (TPSA) is 131 Å². The van der Waals surface area contributed by atoms with E-state index in [9.17, 15) is 19.7 Å². The number of benzene rings is 2. The lowest BCUT2D eigenvalue weighted by Crippen LogP contribution is -2.22. The minimum atomic E-state index is -1.07. The summed E-state index contributed by atoms with van der Waals surface area (Å²) in [6.45, 7) is 1.42. The number of carboxylic acids is 1. The molecule has 2 rings (SSSR count). The number of nitro benzene ring substituents is 1. The van der Waals surface area contributed by atoms with Gasteiger partial charge in [-0.05, 0) is 42.8 Å². The number of carboxylic acid groups (broad SMARTS) is 1. The van der Waals surface area contributed by atoms with E-state index in [1.807, 2.05) is 0 Å². The number of carbonyl (C=O) groups is 2. The van der Waals surface area contributed by atoms with E-state index in [0.29, 0.717) is 11.3 Å². The van der Waals surface area contributed by atoms with Crippen LogP contribution >= 0.6 is 0 Å². The predicted molar refractivity (Wildman–Crippen MR) is 92.3 cm³/mol. The van der Waals surface area contributed by atoms with Crippen molar-refractivity contribution in [3.63, 3.8) is 0 Å². The molecule has 0 aliphatic rings. The lowest BCUT2D eigenvalue weighted by Gasteiger charge is -2.09. The van der Waals surface area contributed by atoms with Crippen molar-refractivity contribution < 1.29 is 24.4 Å². The highest BCUT2D eigenvalue weighted by Gasteiger charge is 2.12. The number of hydrazone groups is 1. The number of rotatable bonds is 7. The monoisotopic (exact) mass is 357 g/mol. The van der Waals surface area contributed by atoms with Gasteiger partial charge in [0.1, 0.15) is 5.75 Å². The third-order valence-corrected chi connectivity index (χ3v) is 3.24. The molecule has 26 heavy (non-hydrogen) atoms. The minimum Gasteiger partial charge on any atom is -0.479 e. The Morgan fingerprint density at radius 1 is 1.27 bits per heavy atom. The van der Waals surface area contributed by atoms with Gasteiger partial charge in [0.05, 0.1) is 11.1 Å². The third-order valence-electron chi connectivity index (χ3n) is 3.24. The second kappa shape index (κ2) is 8.38. The molecule has 0 bridgehead atoms. The van der Waals surface area contributed by atoms with Crippen molar-refractivity contribution in [1.29, 1.82) is 0 Å². The molecule has 2 N–H and O–H groups in total. The molecule has 0 spiro atoms. The van der Waals surface area contributed by atoms with E-state index in [-0.39, 0.29) is 11.3 Å². The first-order valence-electron chi connectivity index (χ1n) is 7.44. The zero-order valence-electron chi connectivity index (χ0n) is 13.7. The molecule has 134 valence electrons. The van der Waals surface area contributed by atoms with Crippen LogP contribution < -0.4 is 10.2 Å². The highest BCUT2D eigenvalue weighted by Crippen LogP contribution is 2.14. The number of carbonyl (C=O) groups excluding carboxylic acids is 1. The first-order valence-corrected chi connectivity index (χ1v) is 7.44. The summed E-state index contributed by atoms with van der Waals surface area (Å²) in [7, 11) is 0. The molecule has 0 radical (unpaired) electrons. The SMILES string of the molecule is C[C@H](Oc1ccc(C=NNC(=O)c2cccc([N+](=O)[O-])c2)cc1)C(=O)O. The van der Waals surface area contributed by atoms with Gasteiger partial charge in [-0.15, -0.1) is 0 Å². The zero-order chi connectivity index (χ0) is 19.1. The van der Waals surface area contributed by atoms with Crippen LogP contribution in [0, 0.1) is 10.1 Å². The molecular formula is C17H15N3O6. The normalized spacial score (nSPS) is 11.7. The first kappa shape index (κ1) is 18.6. The van der Waals surface area contributed by atoms with E-state index in [0.717, 1.165) is 6.07 Å². The number of ether oxygens (including phenoxy) is 1. The molecule has 0 aromatic heterocycles. The zero-order valence-corrected chi connectivity index (χ0v) is 13.7. The molecule has 1 atom stereocenters. The van der Waals surface area contributed by atoms with Gasteiger partial charge in [0.25, 0.3) is 11.6 Å². The second-order valence-corrected chi connectivity index (χ2v) is 5.17. The molecule has 9 nitrogen and oxygen atoms in total. The molecule has 0 aliphatic heterocycles. The van der Waals surface area contributed by atoms with Crippen LogP contribution in [-0.2, 0) is 4.79 Å². The summed E-state index contributed by atoms with van der Waals surface area (Å²) in [5.41, 5.74) is 2.84. The fraction of sp³-hybridized carbons (Fsp3) is 0.118. The molecule has 0 aliphatic carbocycles. The van der Waals surface area contributed by atoms with Gasteiger partial charge in [-0.3, -0.25) is 14.9 Å². The average molecular weight is 357 g/mol. The number of nitrogens with one attached hydrogen (secondary N) is 1. The molecule has 2 aromatic carbocycles. The van der Waals surface area contributed by atoms with Crippen LogP contribution in [0.15, 0.2) is 53.6 Å². The molecule has 2 aromatic rings. The largest absolute Gasteiger partial charge is 0.479 e. The average Bonchev–Trinajstić information content (AvgIpc) is 2.63. The molecule has 1 amide bonds. The van der Waals surface area contributed by atoms with Crippen molar-refractivity contribution in [3.8, 4) is 5.75 Å². The molecule has 0 saturated carbocycles. The van der Waals surface area contributed by atoms with Gasteiger partial charge in [-0.2, -0.15) is 5.10 Å². The molecule has 0 unspecified atom stereocenters. The Kier molecular flexibility index (Phi) is 5.99. The van der Waals surface area contributed by atoms with E-state index in [1.165, 1.54) is 31.3 Å². The van der Waals surface area contributed by atoms with Gasteiger partial charge >= 0.3 is 5.97 Å². The third kappa shape index (κ3) is 5.13. The van der Waals surface area contributed by atoms with Crippen LogP contribution in [0.2, 0.25) is 0 Å². The lowest BCUT2D eigenvalue weighted by atomic mass is 10.2. The van der Waals surface area contributed by atoms with Crippen LogP contribution in [0.5, 0.6) is 5.75 Å². The molecule has 0 fully saturated rings. The number of nitro groups is 1. The number of aliphatic carboxylic acids is 1. The van der Waals surface area contributed by atoms with Crippen LogP contribution in [0.3, 0.4) is 0 Å². The van der Waals surface area contributed by atoms with Crippen LogP contribution in [0.4, 0.5) is 5.69 Å². The first-order chi connectivity index (χ1) is 12.4. The van der Waals surface area contributed by atoms with Gasteiger partial charge in [0, 0.05) is 17.7 Å². The molecule has 0 heterocycles. The summed E-state index contributed by atoms with van der Waals surface area (Å²) in [4.78, 5) is 32.8. The van der Waals surface area contributed by atoms with Gasteiger partial charge in [0.2, 0.25) is 0 Å². The van der Waals surface area contributed by atoms with E-state index < -0.39 is 22.9 Å². The minimum absolute atomic E-state index is 0.114. The standard InChI is InChI=1S/C17H15N3O6/c1-11(17(22)23)26-15-7-5-12(6-8-15)10-18-19-16(21)13-3-2-4-14(9-13)20(24)25/h2-11H,1H3,(H,19,21)(H,22,23)/t11-/m0/s1. The fourth-order valence-electron chi connectivity index (χ4n) is 1.88. The van der Waals surface area contributed by atoms with Crippen molar-refractivity contribution in [2.45, 2.75) is 13.0 Å². The lowest BCUT2D eigenvalue weighted by molar-refractivity contribution is -0.384. The second-order valence-electron chi connectivity index (χ2n) is 5.17. The van der Waals surface area contributed by atoms with Crippen molar-refractivity contribution in [1.82, 2.24) is 5.43 Å². The summed E-state index contributed by atoms with van der Waals surface area (Å²) in [5.74, 6) is -1.27. The number of nitrogens with zero attached hydrogens (tertiary/aromatic N) is 2. The Balaban J connectivity index is 1.95. The van der Waals surface area contributed by atoms with Crippen molar-refractivity contribution in [3.05, 3.63) is 69.8 Å². The maximum Gasteiger partial charge on any atom is 0.344 e. The van der Waals surface area contributed by atoms with Crippen molar-refractivity contribution in [2.75, 3.05) is 0 Å². The Morgan fingerprint density at radius 3 is 2.58 bits per heavy atom. The molecule has 9 heteroatoms. The maximum absolute atomic E-state index is 11.9. The smallest absolute Gasteiger partial charge is 0.344 e. The molecule has 0 saturated heterocycles. The summed E-state index contributed by atoms with van der Waals surface area (Å²) in [6, 6.07) is 11.7. The van der Waals surface area contributed by atoms with Gasteiger partial charge < -0.3 is 9.84 Å². The Hall–Kier alpha value is -3.75. The number of hydrogen-bond donors (Lipinski definition) is 2. The van der Waals surface area contributed by atoms with Gasteiger partial charge in [0.15, 0.2) is 6.10 Å². The summed E-state index contributed by atoms with van der Waals surface area (Å²) in [6.07, 6.45) is 0.406. The Bertz CT molecular complexity index is 848. The van der Waals surface area contributed by atoms with Crippen LogP contribution in [-0.4, -0.2) is 34.2 Å². The van der Waals surface area contributed by atoms with E-state index in [1.54, 1.807) is 24.3 Å². The Labute approximate surface area is 148 Å². The molecular weight excluding hydrogens is 342 g/mol. The Morgan fingerprint density at radius 2 is 1.96 bits per heavy atom. The number of non-ortho nitro benzene ring substituents is 1. The van der Waals surface area contributed by atoms with Gasteiger partial charge in [-0.25, -0.2) is 10.2 Å². The van der Waals surface area contributed by atoms with Gasteiger partial charge in [-0.1, -0.05) is 6.07 Å². The van der Waals surface area contributed by atoms with Crippen LogP contribution in [0.25, 0.3) is 0 Å². The summed E-state index contributed by atoms with van der Waals surface area (Å²) < 4.78 is 5.19. The number of hydrogen-bond acceptors (Lipinski definition) is 6.